The van der Waals surface area contributed by atoms with Crippen molar-refractivity contribution in [3.63, 3.8) is 0 Å². The van der Waals surface area contributed by atoms with Crippen molar-refractivity contribution in [3.05, 3.63) is 60.2 Å². The van der Waals surface area contributed by atoms with Gasteiger partial charge in [-0.15, -0.1) is 0 Å². The zero-order valence-corrected chi connectivity index (χ0v) is 18.6. The standard InChI is InChI=1S/C25H32N2O4/c1-25(2,21-13-7-8-14-22(21)30-3)26-24(29)19-10-9-16-27(18-19)23(28)15-17-31-20-11-5-4-6-12-20/h4-8,11-14,19H,9-10,15-18H2,1-3H3,(H,26,29). The first-order valence-electron chi connectivity index (χ1n) is 10.8. The van der Waals surface area contributed by atoms with E-state index in [2.05, 4.69) is 5.32 Å². The average Bonchev–Trinajstić information content (AvgIpc) is 2.79. The Hall–Kier alpha value is -3.02. The van der Waals surface area contributed by atoms with Crippen LogP contribution in [0.25, 0.3) is 0 Å². The number of rotatable bonds is 8. The van der Waals surface area contributed by atoms with Crippen molar-refractivity contribution in [2.24, 2.45) is 5.92 Å². The summed E-state index contributed by atoms with van der Waals surface area (Å²) in [6.07, 6.45) is 1.90. The molecule has 2 aromatic rings. The molecule has 6 nitrogen and oxygen atoms in total. The molecule has 2 amide bonds. The molecule has 1 atom stereocenters. The van der Waals surface area contributed by atoms with Gasteiger partial charge in [0, 0.05) is 18.7 Å². The first-order chi connectivity index (χ1) is 14.9. The molecular formula is C25H32N2O4. The van der Waals surface area contributed by atoms with Gasteiger partial charge < -0.3 is 19.7 Å². The lowest BCUT2D eigenvalue weighted by Crippen LogP contribution is -2.50. The number of para-hydroxylation sites is 2. The summed E-state index contributed by atoms with van der Waals surface area (Å²) >= 11 is 0. The molecule has 6 heteroatoms. The van der Waals surface area contributed by atoms with Gasteiger partial charge in [-0.25, -0.2) is 0 Å². The van der Waals surface area contributed by atoms with E-state index >= 15 is 0 Å². The smallest absolute Gasteiger partial charge is 0.226 e. The van der Waals surface area contributed by atoms with Crippen molar-refractivity contribution >= 4 is 11.8 Å². The Kier molecular flexibility index (Phi) is 7.55. The summed E-state index contributed by atoms with van der Waals surface area (Å²) in [5.41, 5.74) is 0.340. The van der Waals surface area contributed by atoms with Crippen LogP contribution in [0.1, 0.15) is 38.7 Å². The monoisotopic (exact) mass is 424 g/mol. The molecule has 0 spiro atoms. The van der Waals surface area contributed by atoms with Crippen LogP contribution < -0.4 is 14.8 Å². The summed E-state index contributed by atoms with van der Waals surface area (Å²) in [4.78, 5) is 27.5. The Balaban J connectivity index is 1.54. The van der Waals surface area contributed by atoms with E-state index in [1.54, 1.807) is 12.0 Å². The third-order valence-electron chi connectivity index (χ3n) is 5.69. The predicted molar refractivity (Wildman–Crippen MR) is 120 cm³/mol. The van der Waals surface area contributed by atoms with E-state index in [1.165, 1.54) is 0 Å². The summed E-state index contributed by atoms with van der Waals surface area (Å²) in [5, 5.41) is 3.16. The molecule has 1 saturated heterocycles. The second kappa shape index (κ2) is 10.3. The Morgan fingerprint density at radius 1 is 1.10 bits per heavy atom. The molecule has 0 aliphatic carbocycles. The van der Waals surface area contributed by atoms with E-state index < -0.39 is 5.54 Å². The number of ether oxygens (including phenoxy) is 2. The number of nitrogens with one attached hydrogen (secondary N) is 1. The van der Waals surface area contributed by atoms with E-state index in [0.29, 0.717) is 26.1 Å². The van der Waals surface area contributed by atoms with Crippen molar-refractivity contribution in [1.82, 2.24) is 10.2 Å². The summed E-state index contributed by atoms with van der Waals surface area (Å²) < 4.78 is 11.1. The van der Waals surface area contributed by atoms with E-state index in [4.69, 9.17) is 9.47 Å². The highest BCUT2D eigenvalue weighted by Gasteiger charge is 2.33. The lowest BCUT2D eigenvalue weighted by molar-refractivity contribution is -0.136. The Morgan fingerprint density at radius 2 is 1.81 bits per heavy atom. The highest BCUT2D eigenvalue weighted by atomic mass is 16.5. The van der Waals surface area contributed by atoms with Crippen LogP contribution in [0.3, 0.4) is 0 Å². The maximum atomic E-state index is 13.0. The SMILES string of the molecule is COc1ccccc1C(C)(C)NC(=O)C1CCCN(C(=O)CCOc2ccccc2)C1. The number of hydrogen-bond acceptors (Lipinski definition) is 4. The highest BCUT2D eigenvalue weighted by molar-refractivity contribution is 5.82. The van der Waals surface area contributed by atoms with Crippen LogP contribution in [0.15, 0.2) is 54.6 Å². The molecule has 1 unspecified atom stereocenters. The quantitative estimate of drug-likeness (QED) is 0.701. The van der Waals surface area contributed by atoms with Gasteiger partial charge in [0.05, 0.1) is 31.6 Å². The fourth-order valence-corrected chi connectivity index (χ4v) is 3.99. The maximum absolute atomic E-state index is 13.0. The fourth-order valence-electron chi connectivity index (χ4n) is 3.99. The Morgan fingerprint density at radius 3 is 2.55 bits per heavy atom. The number of likely N-dealkylation sites (tertiary alicyclic amines) is 1. The van der Waals surface area contributed by atoms with Gasteiger partial charge in [-0.3, -0.25) is 9.59 Å². The molecule has 1 aliphatic rings. The number of carbonyl (C=O) groups is 2. The minimum absolute atomic E-state index is 0.0254. The maximum Gasteiger partial charge on any atom is 0.226 e. The number of hydrogen-bond donors (Lipinski definition) is 1. The average molecular weight is 425 g/mol. The minimum atomic E-state index is -0.584. The Bertz CT molecular complexity index is 882. The molecule has 1 N–H and O–H groups in total. The number of amides is 2. The molecule has 31 heavy (non-hydrogen) atoms. The summed E-state index contributed by atoms with van der Waals surface area (Å²) in [7, 11) is 1.63. The first-order valence-corrected chi connectivity index (χ1v) is 10.8. The lowest BCUT2D eigenvalue weighted by Gasteiger charge is -2.35. The second-order valence-corrected chi connectivity index (χ2v) is 8.40. The van der Waals surface area contributed by atoms with Gasteiger partial charge in [0.2, 0.25) is 11.8 Å². The van der Waals surface area contributed by atoms with Gasteiger partial charge in [-0.1, -0.05) is 36.4 Å². The minimum Gasteiger partial charge on any atom is -0.496 e. The predicted octanol–water partition coefficient (Wildman–Crippen LogP) is 3.75. The van der Waals surface area contributed by atoms with E-state index in [-0.39, 0.29) is 17.7 Å². The van der Waals surface area contributed by atoms with Gasteiger partial charge >= 0.3 is 0 Å². The molecule has 1 heterocycles. The summed E-state index contributed by atoms with van der Waals surface area (Å²) in [5.74, 6) is 1.27. The van der Waals surface area contributed by atoms with Gasteiger partial charge in [-0.05, 0) is 44.9 Å². The van der Waals surface area contributed by atoms with Crippen LogP contribution in [0.2, 0.25) is 0 Å². The van der Waals surface area contributed by atoms with Crippen molar-refractivity contribution < 1.29 is 19.1 Å². The third-order valence-corrected chi connectivity index (χ3v) is 5.69. The van der Waals surface area contributed by atoms with Crippen LogP contribution in [-0.4, -0.2) is 43.5 Å². The van der Waals surface area contributed by atoms with Crippen LogP contribution in [0.5, 0.6) is 11.5 Å². The number of nitrogens with zero attached hydrogens (tertiary/aromatic N) is 1. The lowest BCUT2D eigenvalue weighted by atomic mass is 9.90. The van der Waals surface area contributed by atoms with Gasteiger partial charge in [-0.2, -0.15) is 0 Å². The topological polar surface area (TPSA) is 67.9 Å². The first kappa shape index (κ1) is 22.7. The van der Waals surface area contributed by atoms with E-state index in [9.17, 15) is 9.59 Å². The molecule has 166 valence electrons. The molecule has 0 saturated carbocycles. The van der Waals surface area contributed by atoms with Crippen LogP contribution in [-0.2, 0) is 15.1 Å². The largest absolute Gasteiger partial charge is 0.496 e. The number of carbonyl (C=O) groups excluding carboxylic acids is 2. The fraction of sp³-hybridized carbons (Fsp3) is 0.440. The number of methoxy groups -OCH3 is 1. The third kappa shape index (κ3) is 6.00. The van der Waals surface area contributed by atoms with Crippen LogP contribution >= 0.6 is 0 Å². The van der Waals surface area contributed by atoms with Crippen LogP contribution in [0, 0.1) is 5.92 Å². The highest BCUT2D eigenvalue weighted by Crippen LogP contribution is 2.30. The summed E-state index contributed by atoms with van der Waals surface area (Å²) in [6, 6.07) is 17.2. The van der Waals surface area contributed by atoms with Gasteiger partial charge in [0.1, 0.15) is 11.5 Å². The molecule has 1 aliphatic heterocycles. The second-order valence-electron chi connectivity index (χ2n) is 8.40. The summed E-state index contributed by atoms with van der Waals surface area (Å²) in [6.45, 7) is 5.39. The zero-order valence-electron chi connectivity index (χ0n) is 18.6. The Labute approximate surface area is 184 Å². The van der Waals surface area contributed by atoms with Crippen molar-refractivity contribution in [2.45, 2.75) is 38.6 Å². The molecular weight excluding hydrogens is 392 g/mol. The zero-order chi connectivity index (χ0) is 22.3. The van der Waals surface area contributed by atoms with Gasteiger partial charge in [0.15, 0.2) is 0 Å². The van der Waals surface area contributed by atoms with E-state index in [0.717, 1.165) is 29.9 Å². The molecule has 2 aromatic carbocycles. The molecule has 1 fully saturated rings. The molecule has 0 aromatic heterocycles. The van der Waals surface area contributed by atoms with Crippen LogP contribution in [0.4, 0.5) is 0 Å². The van der Waals surface area contributed by atoms with Crippen molar-refractivity contribution in [3.8, 4) is 11.5 Å². The van der Waals surface area contributed by atoms with Gasteiger partial charge in [0.25, 0.3) is 0 Å². The number of benzene rings is 2. The van der Waals surface area contributed by atoms with Crippen molar-refractivity contribution in [2.75, 3.05) is 26.8 Å². The molecule has 0 radical (unpaired) electrons. The van der Waals surface area contributed by atoms with Crippen molar-refractivity contribution in [1.29, 1.82) is 0 Å². The molecule has 3 rings (SSSR count). The number of piperidine rings is 1. The van der Waals surface area contributed by atoms with E-state index in [1.807, 2.05) is 68.4 Å². The molecule has 0 bridgehead atoms. The normalized spacial score (nSPS) is 16.5.